The molecule has 0 bridgehead atoms. The molecule has 0 amide bonds. The summed E-state index contributed by atoms with van der Waals surface area (Å²) in [5.41, 5.74) is 0.837. The van der Waals surface area contributed by atoms with Gasteiger partial charge in [0, 0.05) is 31.1 Å². The Balaban J connectivity index is 0.000000720. The molecule has 0 saturated heterocycles. The van der Waals surface area contributed by atoms with Crippen molar-refractivity contribution in [1.29, 1.82) is 0 Å². The number of hydrogen-bond donors (Lipinski definition) is 1. The maximum atomic E-state index is 10.8. The maximum absolute atomic E-state index is 10.8. The summed E-state index contributed by atoms with van der Waals surface area (Å²) in [4.78, 5) is 13.6. The van der Waals surface area contributed by atoms with Gasteiger partial charge < -0.3 is 4.98 Å². The van der Waals surface area contributed by atoms with Crippen LogP contribution in [0.3, 0.4) is 0 Å². The molecule has 0 aliphatic heterocycles. The third kappa shape index (κ3) is 1.62. The molecule has 2 rings (SSSR count). The van der Waals surface area contributed by atoms with Gasteiger partial charge in [0.1, 0.15) is 0 Å². The largest absolute Gasteiger partial charge is 0.322 e. The minimum Gasteiger partial charge on any atom is -0.322 e. The molecule has 1 N–H and O–H groups in total. The van der Waals surface area contributed by atoms with Crippen molar-refractivity contribution in [3.05, 3.63) is 46.8 Å². The third-order valence-electron chi connectivity index (χ3n) is 1.63. The van der Waals surface area contributed by atoms with Gasteiger partial charge in [-0.25, -0.2) is 0 Å². The first-order chi connectivity index (χ1) is 5.36. The van der Waals surface area contributed by atoms with Crippen LogP contribution in [0, 0.1) is 0 Å². The van der Waals surface area contributed by atoms with Gasteiger partial charge in [-0.05, 0) is 17.5 Å². The third-order valence-corrected chi connectivity index (χ3v) is 1.63. The number of benzene rings is 1. The average Bonchev–Trinajstić information content (AvgIpc) is 2.04. The fourth-order valence-electron chi connectivity index (χ4n) is 1.10. The number of pyridine rings is 1. The molecule has 62 valence electrons. The molecule has 0 aliphatic rings. The zero-order valence-electron chi connectivity index (χ0n) is 6.23. The van der Waals surface area contributed by atoms with Gasteiger partial charge >= 0.3 is 0 Å². The van der Waals surface area contributed by atoms with E-state index in [2.05, 4.69) is 4.98 Å². The Morgan fingerprint density at radius 3 is 2.58 bits per heavy atom. The number of hydrogen-bond acceptors (Lipinski definition) is 1. The van der Waals surface area contributed by atoms with Gasteiger partial charge in [-0.2, -0.15) is 0 Å². The summed E-state index contributed by atoms with van der Waals surface area (Å²) < 4.78 is 0. The van der Waals surface area contributed by atoms with Crippen LogP contribution >= 0.6 is 0 Å². The molecule has 2 nitrogen and oxygen atoms in total. The van der Waals surface area contributed by atoms with Crippen molar-refractivity contribution in [1.82, 2.24) is 4.98 Å². The van der Waals surface area contributed by atoms with Crippen molar-refractivity contribution in [3.8, 4) is 0 Å². The first-order valence-corrected chi connectivity index (χ1v) is 3.44. The van der Waals surface area contributed by atoms with Crippen LogP contribution in [0.5, 0.6) is 0 Å². The Labute approximate surface area is 82.4 Å². The summed E-state index contributed by atoms with van der Waals surface area (Å²) in [6.07, 6.45) is 0. The summed E-state index contributed by atoms with van der Waals surface area (Å²) in [6, 6.07) is 11.0. The van der Waals surface area contributed by atoms with E-state index >= 15 is 0 Å². The van der Waals surface area contributed by atoms with Crippen molar-refractivity contribution in [2.45, 2.75) is 0 Å². The van der Waals surface area contributed by atoms with E-state index in [9.17, 15) is 4.79 Å². The monoisotopic (exact) mass is 247 g/mol. The van der Waals surface area contributed by atoms with E-state index in [0.29, 0.717) is 0 Å². The second-order valence-electron chi connectivity index (χ2n) is 2.41. The normalized spacial score (nSPS) is 9.33. The molecule has 0 aliphatic carbocycles. The number of aromatic nitrogens is 1. The number of H-pyrrole nitrogens is 1. The van der Waals surface area contributed by atoms with Gasteiger partial charge in [0.15, 0.2) is 0 Å². The topological polar surface area (TPSA) is 32.9 Å². The quantitative estimate of drug-likeness (QED) is 0.702. The van der Waals surface area contributed by atoms with Crippen molar-refractivity contribution in [3.63, 3.8) is 0 Å². The molecule has 1 heterocycles. The minimum atomic E-state index is -0.0521. The van der Waals surface area contributed by atoms with Gasteiger partial charge in [-0.15, -0.1) is 0 Å². The average molecular weight is 246 g/mol. The maximum Gasteiger partial charge on any atom is 0.248 e. The van der Waals surface area contributed by atoms with Crippen LogP contribution in [0.25, 0.3) is 10.9 Å². The van der Waals surface area contributed by atoms with Gasteiger partial charge in [-0.1, -0.05) is 18.2 Å². The standard InChI is InChI=1S/C9H7NO.Ru/c11-9-6-5-7-3-1-2-4-8(7)10-9;/h1-6H,(H,10,11);. The molecule has 0 spiro atoms. The Morgan fingerprint density at radius 1 is 1.00 bits per heavy atom. The van der Waals surface area contributed by atoms with E-state index in [4.69, 9.17) is 0 Å². The molecule has 0 radical (unpaired) electrons. The van der Waals surface area contributed by atoms with Crippen molar-refractivity contribution in [2.24, 2.45) is 0 Å². The van der Waals surface area contributed by atoms with Crippen LogP contribution in [-0.2, 0) is 19.5 Å². The summed E-state index contributed by atoms with van der Waals surface area (Å²) in [5, 5.41) is 1.06. The Bertz CT molecular complexity index is 435. The van der Waals surface area contributed by atoms with E-state index in [1.807, 2.05) is 30.3 Å². The van der Waals surface area contributed by atoms with Gasteiger partial charge in [0.2, 0.25) is 5.56 Å². The summed E-state index contributed by atoms with van der Waals surface area (Å²) >= 11 is 0. The second-order valence-corrected chi connectivity index (χ2v) is 2.41. The molecular formula is C9H7NORu. The predicted molar refractivity (Wildman–Crippen MR) is 44.6 cm³/mol. The molecule has 0 atom stereocenters. The molecule has 0 saturated carbocycles. The van der Waals surface area contributed by atoms with Crippen LogP contribution in [0.1, 0.15) is 0 Å². The first-order valence-electron chi connectivity index (χ1n) is 3.44. The summed E-state index contributed by atoms with van der Waals surface area (Å²) in [7, 11) is 0. The van der Waals surface area contributed by atoms with Gasteiger partial charge in [-0.3, -0.25) is 4.79 Å². The number of fused-ring (bicyclic) bond motifs is 1. The molecule has 1 aromatic heterocycles. The Hall–Kier alpha value is -0.947. The summed E-state index contributed by atoms with van der Waals surface area (Å²) in [5.74, 6) is 0. The molecule has 1 aromatic carbocycles. The fourth-order valence-corrected chi connectivity index (χ4v) is 1.10. The molecular weight excluding hydrogens is 239 g/mol. The van der Waals surface area contributed by atoms with Gasteiger partial charge in [0.05, 0.1) is 0 Å². The minimum absolute atomic E-state index is 0. The Morgan fingerprint density at radius 2 is 1.75 bits per heavy atom. The molecule has 3 heteroatoms. The van der Waals surface area contributed by atoms with E-state index in [-0.39, 0.29) is 25.0 Å². The SMILES string of the molecule is O=c1ccc2ccccc2[nH]1.[Ru]. The fraction of sp³-hybridized carbons (Fsp3) is 0. The number of nitrogens with one attached hydrogen (secondary N) is 1. The zero-order valence-corrected chi connectivity index (χ0v) is 7.96. The Kier molecular flexibility index (Phi) is 2.77. The van der Waals surface area contributed by atoms with Crippen LogP contribution in [0.15, 0.2) is 41.2 Å². The second kappa shape index (κ2) is 3.64. The van der Waals surface area contributed by atoms with E-state index < -0.39 is 0 Å². The van der Waals surface area contributed by atoms with Crippen LogP contribution in [0.2, 0.25) is 0 Å². The molecule has 2 aromatic rings. The van der Waals surface area contributed by atoms with Crippen molar-refractivity contribution >= 4 is 10.9 Å². The van der Waals surface area contributed by atoms with Crippen LogP contribution in [-0.4, -0.2) is 4.98 Å². The smallest absolute Gasteiger partial charge is 0.248 e. The first kappa shape index (κ1) is 9.14. The number of rotatable bonds is 0. The van der Waals surface area contributed by atoms with E-state index in [0.717, 1.165) is 10.9 Å². The van der Waals surface area contributed by atoms with E-state index in [1.54, 1.807) is 0 Å². The molecule has 12 heavy (non-hydrogen) atoms. The number of aromatic amines is 1. The molecule has 0 unspecified atom stereocenters. The number of para-hydroxylation sites is 1. The van der Waals surface area contributed by atoms with Crippen molar-refractivity contribution in [2.75, 3.05) is 0 Å². The molecule has 0 fully saturated rings. The van der Waals surface area contributed by atoms with Crippen LogP contribution in [0.4, 0.5) is 0 Å². The van der Waals surface area contributed by atoms with E-state index in [1.165, 1.54) is 6.07 Å². The van der Waals surface area contributed by atoms with Crippen molar-refractivity contribution < 1.29 is 19.5 Å². The van der Waals surface area contributed by atoms with Crippen LogP contribution < -0.4 is 5.56 Å². The predicted octanol–water partition coefficient (Wildman–Crippen LogP) is 1.53. The zero-order chi connectivity index (χ0) is 7.68. The summed E-state index contributed by atoms with van der Waals surface area (Å²) in [6.45, 7) is 0. The van der Waals surface area contributed by atoms with Gasteiger partial charge in [0.25, 0.3) is 0 Å².